The van der Waals surface area contributed by atoms with Crippen molar-refractivity contribution in [1.82, 2.24) is 4.57 Å². The minimum absolute atomic E-state index is 0.0620. The predicted molar refractivity (Wildman–Crippen MR) is 69.4 cm³/mol. The van der Waals surface area contributed by atoms with E-state index in [1.807, 2.05) is 36.5 Å². The Balaban J connectivity index is 2.55. The SMILES string of the molecule is CCC(COC)n1ccc2ccccc2c1=O. The van der Waals surface area contributed by atoms with Crippen molar-refractivity contribution >= 4 is 10.8 Å². The minimum Gasteiger partial charge on any atom is -0.383 e. The van der Waals surface area contributed by atoms with Gasteiger partial charge in [0.15, 0.2) is 0 Å². The van der Waals surface area contributed by atoms with E-state index in [4.69, 9.17) is 4.74 Å². The molecule has 0 spiro atoms. The highest BCUT2D eigenvalue weighted by Gasteiger charge is 2.11. The molecule has 1 aromatic carbocycles. The van der Waals surface area contributed by atoms with E-state index < -0.39 is 0 Å². The number of aromatic nitrogens is 1. The first-order chi connectivity index (χ1) is 8.27. The maximum atomic E-state index is 12.3. The van der Waals surface area contributed by atoms with Crippen LogP contribution in [0.25, 0.3) is 10.8 Å². The predicted octanol–water partition coefficient (Wildman–Crippen LogP) is 2.60. The average Bonchev–Trinajstić information content (AvgIpc) is 2.37. The second kappa shape index (κ2) is 5.15. The molecule has 1 heterocycles. The first kappa shape index (κ1) is 11.9. The summed E-state index contributed by atoms with van der Waals surface area (Å²) in [4.78, 5) is 12.3. The minimum atomic E-state index is 0.0620. The quantitative estimate of drug-likeness (QED) is 0.810. The molecule has 3 nitrogen and oxygen atoms in total. The van der Waals surface area contributed by atoms with E-state index in [0.717, 1.165) is 17.2 Å². The van der Waals surface area contributed by atoms with Crippen molar-refractivity contribution in [3.63, 3.8) is 0 Å². The number of benzene rings is 1. The zero-order valence-electron chi connectivity index (χ0n) is 10.2. The smallest absolute Gasteiger partial charge is 0.258 e. The van der Waals surface area contributed by atoms with Crippen LogP contribution in [-0.2, 0) is 4.74 Å². The van der Waals surface area contributed by atoms with Gasteiger partial charge >= 0.3 is 0 Å². The van der Waals surface area contributed by atoms with Gasteiger partial charge in [-0.15, -0.1) is 0 Å². The molecule has 0 N–H and O–H groups in total. The number of hydrogen-bond donors (Lipinski definition) is 0. The Morgan fingerprint density at radius 1 is 1.29 bits per heavy atom. The lowest BCUT2D eigenvalue weighted by molar-refractivity contribution is 0.152. The molecular weight excluding hydrogens is 214 g/mol. The molecular formula is C14H17NO2. The molecule has 90 valence electrons. The van der Waals surface area contributed by atoms with Crippen LogP contribution < -0.4 is 5.56 Å². The molecule has 1 atom stereocenters. The molecule has 2 aromatic rings. The zero-order valence-corrected chi connectivity index (χ0v) is 10.2. The summed E-state index contributed by atoms with van der Waals surface area (Å²) in [5.41, 5.74) is 0.0620. The molecule has 0 radical (unpaired) electrons. The van der Waals surface area contributed by atoms with Crippen molar-refractivity contribution < 1.29 is 4.74 Å². The second-order valence-electron chi connectivity index (χ2n) is 4.13. The molecule has 0 fully saturated rings. The Bertz CT molecular complexity index is 559. The zero-order chi connectivity index (χ0) is 12.3. The topological polar surface area (TPSA) is 31.2 Å². The van der Waals surface area contributed by atoms with Gasteiger partial charge in [-0.2, -0.15) is 0 Å². The van der Waals surface area contributed by atoms with Gasteiger partial charge in [-0.3, -0.25) is 4.79 Å². The molecule has 0 saturated carbocycles. The molecule has 1 unspecified atom stereocenters. The normalized spacial score (nSPS) is 12.8. The highest BCUT2D eigenvalue weighted by molar-refractivity contribution is 5.81. The van der Waals surface area contributed by atoms with E-state index >= 15 is 0 Å². The lowest BCUT2D eigenvalue weighted by Gasteiger charge is -2.17. The van der Waals surface area contributed by atoms with E-state index in [0.29, 0.717) is 6.61 Å². The maximum absolute atomic E-state index is 12.3. The van der Waals surface area contributed by atoms with Crippen LogP contribution in [0.5, 0.6) is 0 Å². The van der Waals surface area contributed by atoms with E-state index in [1.165, 1.54) is 0 Å². The van der Waals surface area contributed by atoms with Crippen LogP contribution in [0.4, 0.5) is 0 Å². The fourth-order valence-corrected chi connectivity index (χ4v) is 2.08. The molecule has 0 aliphatic heterocycles. The summed E-state index contributed by atoms with van der Waals surface area (Å²) in [6.45, 7) is 2.63. The standard InChI is InChI=1S/C14H17NO2/c1-3-12(10-17-2)15-9-8-11-6-4-5-7-13(11)14(15)16/h4-9,12H,3,10H2,1-2H3. The third-order valence-corrected chi connectivity index (χ3v) is 3.06. The number of hydrogen-bond acceptors (Lipinski definition) is 2. The number of methoxy groups -OCH3 is 1. The average molecular weight is 231 g/mol. The Hall–Kier alpha value is -1.61. The molecule has 0 amide bonds. The highest BCUT2D eigenvalue weighted by atomic mass is 16.5. The molecule has 0 aliphatic rings. The highest BCUT2D eigenvalue weighted by Crippen LogP contribution is 2.13. The molecule has 1 aromatic heterocycles. The van der Waals surface area contributed by atoms with E-state index in [9.17, 15) is 4.79 Å². The van der Waals surface area contributed by atoms with Crippen molar-refractivity contribution in [2.45, 2.75) is 19.4 Å². The van der Waals surface area contributed by atoms with Crippen LogP contribution >= 0.6 is 0 Å². The number of pyridine rings is 1. The molecule has 3 heteroatoms. The fraction of sp³-hybridized carbons (Fsp3) is 0.357. The van der Waals surface area contributed by atoms with Crippen molar-refractivity contribution in [3.05, 3.63) is 46.9 Å². The number of rotatable bonds is 4. The third kappa shape index (κ3) is 2.24. The summed E-state index contributed by atoms with van der Waals surface area (Å²) in [5.74, 6) is 0. The van der Waals surface area contributed by atoms with Gasteiger partial charge in [0.2, 0.25) is 0 Å². The van der Waals surface area contributed by atoms with Crippen molar-refractivity contribution in [2.24, 2.45) is 0 Å². The van der Waals surface area contributed by atoms with E-state index in [2.05, 4.69) is 6.92 Å². The fourth-order valence-electron chi connectivity index (χ4n) is 2.08. The van der Waals surface area contributed by atoms with Crippen molar-refractivity contribution in [1.29, 1.82) is 0 Å². The molecule has 0 aliphatic carbocycles. The van der Waals surface area contributed by atoms with Crippen LogP contribution in [0.3, 0.4) is 0 Å². The lowest BCUT2D eigenvalue weighted by Crippen LogP contribution is -2.26. The van der Waals surface area contributed by atoms with Gasteiger partial charge in [0.05, 0.1) is 12.6 Å². The third-order valence-electron chi connectivity index (χ3n) is 3.06. The van der Waals surface area contributed by atoms with Crippen LogP contribution in [0.15, 0.2) is 41.3 Å². The van der Waals surface area contributed by atoms with E-state index in [1.54, 1.807) is 11.7 Å². The molecule has 0 saturated heterocycles. The Labute approximate surface area is 101 Å². The first-order valence-corrected chi connectivity index (χ1v) is 5.86. The summed E-state index contributed by atoms with van der Waals surface area (Å²) in [5, 5.41) is 1.76. The van der Waals surface area contributed by atoms with Gasteiger partial charge in [-0.1, -0.05) is 25.1 Å². The van der Waals surface area contributed by atoms with Crippen molar-refractivity contribution in [2.75, 3.05) is 13.7 Å². The molecule has 2 rings (SSSR count). The van der Waals surface area contributed by atoms with Gasteiger partial charge in [0.1, 0.15) is 0 Å². The van der Waals surface area contributed by atoms with Crippen LogP contribution in [0, 0.1) is 0 Å². The maximum Gasteiger partial charge on any atom is 0.258 e. The van der Waals surface area contributed by atoms with Crippen LogP contribution in [0.2, 0.25) is 0 Å². The summed E-state index contributed by atoms with van der Waals surface area (Å²) in [7, 11) is 1.66. The monoisotopic (exact) mass is 231 g/mol. The second-order valence-corrected chi connectivity index (χ2v) is 4.13. The lowest BCUT2D eigenvalue weighted by atomic mass is 10.1. The Morgan fingerprint density at radius 2 is 2.06 bits per heavy atom. The Kier molecular flexibility index (Phi) is 3.59. The Morgan fingerprint density at radius 3 is 2.76 bits per heavy atom. The summed E-state index contributed by atoms with van der Waals surface area (Å²) in [6, 6.07) is 9.75. The molecule has 17 heavy (non-hydrogen) atoms. The largest absolute Gasteiger partial charge is 0.383 e. The van der Waals surface area contributed by atoms with Gasteiger partial charge in [-0.05, 0) is 23.9 Å². The molecule has 0 bridgehead atoms. The van der Waals surface area contributed by atoms with Crippen molar-refractivity contribution in [3.8, 4) is 0 Å². The van der Waals surface area contributed by atoms with Gasteiger partial charge in [0, 0.05) is 18.7 Å². The first-order valence-electron chi connectivity index (χ1n) is 5.86. The number of fused-ring (bicyclic) bond motifs is 1. The summed E-state index contributed by atoms with van der Waals surface area (Å²) >= 11 is 0. The van der Waals surface area contributed by atoms with Gasteiger partial charge in [0.25, 0.3) is 5.56 Å². The van der Waals surface area contributed by atoms with Crippen LogP contribution in [-0.4, -0.2) is 18.3 Å². The number of nitrogens with zero attached hydrogens (tertiary/aromatic N) is 1. The van der Waals surface area contributed by atoms with Crippen LogP contribution in [0.1, 0.15) is 19.4 Å². The van der Waals surface area contributed by atoms with E-state index in [-0.39, 0.29) is 11.6 Å². The van der Waals surface area contributed by atoms with Gasteiger partial charge < -0.3 is 9.30 Å². The summed E-state index contributed by atoms with van der Waals surface area (Å²) < 4.78 is 6.93. The van der Waals surface area contributed by atoms with Gasteiger partial charge in [-0.25, -0.2) is 0 Å². The summed E-state index contributed by atoms with van der Waals surface area (Å²) in [6.07, 6.45) is 2.74. The number of ether oxygens (including phenoxy) is 1.